The minimum atomic E-state index is -0.382. The summed E-state index contributed by atoms with van der Waals surface area (Å²) >= 11 is 5.82. The number of thiophene rings is 1. The van der Waals surface area contributed by atoms with Gasteiger partial charge in [0.15, 0.2) is 8.68 Å². The number of amides is 2. The van der Waals surface area contributed by atoms with Crippen molar-refractivity contribution in [2.75, 3.05) is 37.7 Å². The molecule has 0 atom stereocenters. The first-order valence-electron chi connectivity index (χ1n) is 8.00. The van der Waals surface area contributed by atoms with Crippen LogP contribution in [0.5, 0.6) is 0 Å². The minimum absolute atomic E-state index is 0.132. The number of rotatable bonds is 8. The summed E-state index contributed by atoms with van der Waals surface area (Å²) in [6, 6.07) is 4.22. The van der Waals surface area contributed by atoms with Gasteiger partial charge in [-0.1, -0.05) is 40.9 Å². The largest absolute Gasteiger partial charge is 0.369 e. The average Bonchev–Trinajstić information content (AvgIpc) is 3.30. The van der Waals surface area contributed by atoms with Crippen molar-refractivity contribution in [1.82, 2.24) is 20.0 Å². The van der Waals surface area contributed by atoms with E-state index in [1.54, 1.807) is 11.3 Å². The second-order valence-electron chi connectivity index (χ2n) is 5.61. The van der Waals surface area contributed by atoms with Crippen molar-refractivity contribution in [3.05, 3.63) is 22.4 Å². The summed E-state index contributed by atoms with van der Waals surface area (Å²) in [6.07, 6.45) is 0. The van der Waals surface area contributed by atoms with E-state index in [1.807, 2.05) is 4.90 Å². The lowest BCUT2D eigenvalue weighted by Crippen LogP contribution is -2.48. The number of thioether (sulfide) groups is 2. The summed E-state index contributed by atoms with van der Waals surface area (Å²) in [5, 5.41) is 10.1. The van der Waals surface area contributed by atoms with E-state index in [2.05, 4.69) is 32.6 Å². The minimum Gasteiger partial charge on any atom is -0.369 e. The Morgan fingerprint density at radius 2 is 1.81 bits per heavy atom. The third kappa shape index (κ3) is 5.95. The molecule has 0 bridgehead atoms. The van der Waals surface area contributed by atoms with Gasteiger partial charge < -0.3 is 10.6 Å². The molecule has 3 heterocycles. The Bertz CT molecular complexity index is 728. The van der Waals surface area contributed by atoms with Crippen molar-refractivity contribution in [2.45, 2.75) is 15.2 Å². The van der Waals surface area contributed by atoms with Crippen LogP contribution in [0.25, 0.3) is 0 Å². The average molecular weight is 430 g/mol. The summed E-state index contributed by atoms with van der Waals surface area (Å²) in [6.45, 7) is 4.30. The van der Waals surface area contributed by atoms with E-state index in [1.165, 1.54) is 39.7 Å². The van der Waals surface area contributed by atoms with Crippen LogP contribution in [0.1, 0.15) is 4.88 Å². The first kappa shape index (κ1) is 19.6. The van der Waals surface area contributed by atoms with Gasteiger partial charge in [0, 0.05) is 37.6 Å². The Labute approximate surface area is 168 Å². The van der Waals surface area contributed by atoms with Gasteiger partial charge >= 0.3 is 0 Å². The number of hydrogen-bond donors (Lipinski definition) is 1. The molecular formula is C15H19N5O2S4. The molecule has 26 heavy (non-hydrogen) atoms. The Balaban J connectivity index is 1.38. The van der Waals surface area contributed by atoms with Gasteiger partial charge in [-0.05, 0) is 11.4 Å². The zero-order valence-electron chi connectivity index (χ0n) is 14.0. The number of carbonyl (C=O) groups is 2. The second kappa shape index (κ2) is 9.70. The van der Waals surface area contributed by atoms with Crippen LogP contribution in [0.15, 0.2) is 26.2 Å². The van der Waals surface area contributed by atoms with Gasteiger partial charge in [0.2, 0.25) is 11.8 Å². The molecule has 1 saturated heterocycles. The molecule has 1 fully saturated rings. The monoisotopic (exact) mass is 429 g/mol. The Kier molecular flexibility index (Phi) is 7.32. The lowest BCUT2D eigenvalue weighted by Gasteiger charge is -2.34. The molecule has 140 valence electrons. The van der Waals surface area contributed by atoms with Crippen LogP contribution in [0.4, 0.5) is 0 Å². The van der Waals surface area contributed by atoms with Gasteiger partial charge in [-0.15, -0.1) is 21.5 Å². The van der Waals surface area contributed by atoms with E-state index in [-0.39, 0.29) is 17.6 Å². The van der Waals surface area contributed by atoms with Crippen LogP contribution < -0.4 is 5.73 Å². The van der Waals surface area contributed by atoms with Gasteiger partial charge in [-0.2, -0.15) is 0 Å². The van der Waals surface area contributed by atoms with Gasteiger partial charge in [-0.3, -0.25) is 14.5 Å². The van der Waals surface area contributed by atoms with E-state index >= 15 is 0 Å². The highest BCUT2D eigenvalue weighted by Gasteiger charge is 2.21. The number of nitrogens with zero attached hydrogens (tertiary/aromatic N) is 4. The number of piperazine rings is 1. The fourth-order valence-corrected chi connectivity index (χ4v) is 5.85. The van der Waals surface area contributed by atoms with Crippen LogP contribution in [0.2, 0.25) is 0 Å². The first-order valence-corrected chi connectivity index (χ1v) is 11.7. The molecule has 7 nitrogen and oxygen atoms in total. The quantitative estimate of drug-likeness (QED) is 0.637. The van der Waals surface area contributed by atoms with Gasteiger partial charge in [-0.25, -0.2) is 0 Å². The molecule has 1 aliphatic heterocycles. The predicted molar refractivity (Wildman–Crippen MR) is 107 cm³/mol. The number of carbonyl (C=O) groups excluding carboxylic acids is 2. The lowest BCUT2D eigenvalue weighted by atomic mass is 10.3. The third-order valence-corrected chi connectivity index (χ3v) is 7.79. The van der Waals surface area contributed by atoms with Crippen molar-refractivity contribution in [3.63, 3.8) is 0 Å². The van der Waals surface area contributed by atoms with Gasteiger partial charge in [0.05, 0.1) is 11.5 Å². The molecule has 0 saturated carbocycles. The highest BCUT2D eigenvalue weighted by molar-refractivity contribution is 8.03. The third-order valence-electron chi connectivity index (χ3n) is 3.73. The van der Waals surface area contributed by atoms with Crippen molar-refractivity contribution >= 4 is 58.0 Å². The first-order chi connectivity index (χ1) is 12.6. The summed E-state index contributed by atoms with van der Waals surface area (Å²) in [7, 11) is 0. The molecule has 0 radical (unpaired) electrons. The highest BCUT2D eigenvalue weighted by atomic mass is 32.2. The topological polar surface area (TPSA) is 92.4 Å². The molecule has 2 aromatic heterocycles. The Morgan fingerprint density at radius 3 is 2.42 bits per heavy atom. The summed E-state index contributed by atoms with van der Waals surface area (Å²) in [5.41, 5.74) is 5.11. The second-order valence-corrected chi connectivity index (χ2v) is 10.1. The van der Waals surface area contributed by atoms with Crippen LogP contribution in [-0.2, 0) is 16.1 Å². The van der Waals surface area contributed by atoms with E-state index in [0.29, 0.717) is 10.1 Å². The number of nitrogens with two attached hydrogens (primary N) is 1. The Morgan fingerprint density at radius 1 is 1.12 bits per heavy atom. The Hall–Kier alpha value is -1.14. The van der Waals surface area contributed by atoms with Crippen molar-refractivity contribution in [3.8, 4) is 0 Å². The normalized spacial score (nSPS) is 15.3. The van der Waals surface area contributed by atoms with Crippen molar-refractivity contribution in [1.29, 1.82) is 0 Å². The molecule has 2 amide bonds. The summed E-state index contributed by atoms with van der Waals surface area (Å²) < 4.78 is 1.43. The van der Waals surface area contributed by atoms with Crippen LogP contribution in [-0.4, -0.2) is 69.5 Å². The maximum Gasteiger partial charge on any atom is 0.233 e. The fourth-order valence-electron chi connectivity index (χ4n) is 2.44. The molecular weight excluding hydrogens is 410 g/mol. The van der Waals surface area contributed by atoms with Crippen LogP contribution >= 0.6 is 46.2 Å². The maximum absolute atomic E-state index is 12.4. The van der Waals surface area contributed by atoms with Crippen LogP contribution in [0.3, 0.4) is 0 Å². The van der Waals surface area contributed by atoms with E-state index < -0.39 is 0 Å². The van der Waals surface area contributed by atoms with Crippen LogP contribution in [0, 0.1) is 0 Å². The lowest BCUT2D eigenvalue weighted by molar-refractivity contribution is -0.130. The SMILES string of the molecule is NC(=O)CSc1nnc(SCC(=O)N2CCN(Cc3cccs3)CC2)s1. The molecule has 0 aromatic carbocycles. The fraction of sp³-hybridized carbons (Fsp3) is 0.467. The van der Waals surface area contributed by atoms with E-state index in [0.717, 1.165) is 37.1 Å². The zero-order valence-corrected chi connectivity index (χ0v) is 17.3. The molecule has 0 aliphatic carbocycles. The van der Waals surface area contributed by atoms with Gasteiger partial charge in [0.25, 0.3) is 0 Å². The summed E-state index contributed by atoms with van der Waals surface area (Å²) in [5.74, 6) is 0.300. The van der Waals surface area contributed by atoms with Crippen molar-refractivity contribution in [2.24, 2.45) is 5.73 Å². The summed E-state index contributed by atoms with van der Waals surface area (Å²) in [4.78, 5) is 28.8. The molecule has 2 aromatic rings. The predicted octanol–water partition coefficient (Wildman–Crippen LogP) is 1.61. The molecule has 1 aliphatic rings. The number of hydrogen-bond acceptors (Lipinski definition) is 9. The maximum atomic E-state index is 12.4. The molecule has 11 heteroatoms. The highest BCUT2D eigenvalue weighted by Crippen LogP contribution is 2.28. The number of aromatic nitrogens is 2. The van der Waals surface area contributed by atoms with Gasteiger partial charge in [0.1, 0.15) is 0 Å². The van der Waals surface area contributed by atoms with E-state index in [4.69, 9.17) is 5.73 Å². The van der Waals surface area contributed by atoms with E-state index in [9.17, 15) is 9.59 Å². The number of primary amides is 1. The molecule has 0 unspecified atom stereocenters. The molecule has 2 N–H and O–H groups in total. The van der Waals surface area contributed by atoms with Crippen molar-refractivity contribution < 1.29 is 9.59 Å². The molecule has 3 rings (SSSR count). The smallest absolute Gasteiger partial charge is 0.233 e. The zero-order chi connectivity index (χ0) is 18.4. The molecule has 0 spiro atoms. The standard InChI is InChI=1S/C15H19N5O2S4/c16-12(21)9-24-14-17-18-15(26-14)25-10-13(22)20-5-3-19(4-6-20)8-11-2-1-7-23-11/h1-2,7H,3-6,8-10H2,(H2,16,21).